The number of hydrogen-bond acceptors (Lipinski definition) is 5. The smallest absolute Gasteiger partial charge is 0.309 e. The zero-order chi connectivity index (χ0) is 20.6. The zero-order valence-corrected chi connectivity index (χ0v) is 17.8. The molecule has 0 aromatic heterocycles. The lowest BCUT2D eigenvalue weighted by Gasteiger charge is -2.56. The molecule has 5 nitrogen and oxygen atoms in total. The summed E-state index contributed by atoms with van der Waals surface area (Å²) in [4.78, 5) is 37.1. The highest BCUT2D eigenvalue weighted by atomic mass is 16.6. The Morgan fingerprint density at radius 2 is 1.85 bits per heavy atom. The predicted octanol–water partition coefficient (Wildman–Crippen LogP) is 4.38. The molecule has 0 bridgehead atoms. The summed E-state index contributed by atoms with van der Waals surface area (Å²) in [5, 5.41) is 0. The molecule has 0 saturated heterocycles. The number of rotatable bonds is 4. The van der Waals surface area contributed by atoms with E-state index in [9.17, 15) is 14.4 Å². The second-order valence-corrected chi connectivity index (χ2v) is 9.04. The lowest BCUT2D eigenvalue weighted by Crippen LogP contribution is -2.61. The standard InChI is InChI=1S/C22H34O5/c1-8-14(4)20(25)26-19-9-10-21(6)12-17(24)16(13(2)3)11-18(21)22(19,7)27-15(5)23/h14,18-19H,8-12H2,1-7H3/t14-,18-,19+,21-,22+/m1/s1. The van der Waals surface area contributed by atoms with Gasteiger partial charge in [0.2, 0.25) is 0 Å². The van der Waals surface area contributed by atoms with Crippen LogP contribution in [-0.4, -0.2) is 29.4 Å². The molecule has 2 aliphatic rings. The van der Waals surface area contributed by atoms with Gasteiger partial charge in [0.25, 0.3) is 0 Å². The van der Waals surface area contributed by atoms with Crippen molar-refractivity contribution in [3.63, 3.8) is 0 Å². The van der Waals surface area contributed by atoms with Gasteiger partial charge in [-0.25, -0.2) is 0 Å². The van der Waals surface area contributed by atoms with E-state index in [1.54, 1.807) is 0 Å². The van der Waals surface area contributed by atoms with Crippen molar-refractivity contribution in [3.05, 3.63) is 11.1 Å². The molecule has 2 fully saturated rings. The number of allylic oxidation sites excluding steroid dienone is 2. The molecule has 0 spiro atoms. The monoisotopic (exact) mass is 378 g/mol. The zero-order valence-electron chi connectivity index (χ0n) is 17.8. The molecule has 0 heterocycles. The molecule has 27 heavy (non-hydrogen) atoms. The molecule has 0 aromatic carbocycles. The molecule has 0 unspecified atom stereocenters. The van der Waals surface area contributed by atoms with Crippen LogP contribution in [0.15, 0.2) is 11.1 Å². The highest BCUT2D eigenvalue weighted by Gasteiger charge is 2.60. The molecular weight excluding hydrogens is 344 g/mol. The number of Topliss-reactive ketones (excluding diaryl/α,β-unsaturated/α-hetero) is 1. The van der Waals surface area contributed by atoms with E-state index in [2.05, 4.69) is 6.92 Å². The SMILES string of the molecule is CC[C@@H](C)C(=O)O[C@H]1CC[C@]2(C)CC(=O)C(=C(C)C)C[C@H]2[C@]1(C)OC(C)=O. The molecule has 2 aliphatic carbocycles. The first kappa shape index (κ1) is 21.6. The summed E-state index contributed by atoms with van der Waals surface area (Å²) >= 11 is 0. The van der Waals surface area contributed by atoms with E-state index < -0.39 is 11.7 Å². The fourth-order valence-corrected chi connectivity index (χ4v) is 4.82. The minimum absolute atomic E-state index is 0.0695. The molecule has 5 heteroatoms. The van der Waals surface area contributed by atoms with Gasteiger partial charge in [-0.2, -0.15) is 0 Å². The third-order valence-corrected chi connectivity index (χ3v) is 6.70. The van der Waals surface area contributed by atoms with E-state index >= 15 is 0 Å². The molecule has 152 valence electrons. The van der Waals surface area contributed by atoms with E-state index in [-0.39, 0.29) is 35.0 Å². The number of ketones is 1. The normalized spacial score (nSPS) is 34.5. The summed E-state index contributed by atoms with van der Waals surface area (Å²) in [5.74, 6) is -0.712. The van der Waals surface area contributed by atoms with Crippen LogP contribution < -0.4 is 0 Å². The summed E-state index contributed by atoms with van der Waals surface area (Å²) < 4.78 is 11.7. The van der Waals surface area contributed by atoms with E-state index in [0.717, 1.165) is 17.6 Å². The Bertz CT molecular complexity index is 660. The Labute approximate surface area is 162 Å². The van der Waals surface area contributed by atoms with Crippen molar-refractivity contribution in [1.29, 1.82) is 0 Å². The van der Waals surface area contributed by atoms with Gasteiger partial charge < -0.3 is 9.47 Å². The van der Waals surface area contributed by atoms with Crippen LogP contribution in [0.5, 0.6) is 0 Å². The van der Waals surface area contributed by atoms with Gasteiger partial charge in [-0.1, -0.05) is 26.3 Å². The maximum atomic E-state index is 12.7. The van der Waals surface area contributed by atoms with Crippen molar-refractivity contribution < 1.29 is 23.9 Å². The van der Waals surface area contributed by atoms with Gasteiger partial charge in [-0.15, -0.1) is 0 Å². The number of carbonyl (C=O) groups is 3. The summed E-state index contributed by atoms with van der Waals surface area (Å²) in [7, 11) is 0. The van der Waals surface area contributed by atoms with Crippen molar-refractivity contribution in [1.82, 2.24) is 0 Å². The predicted molar refractivity (Wildman–Crippen MR) is 103 cm³/mol. The maximum absolute atomic E-state index is 12.7. The maximum Gasteiger partial charge on any atom is 0.309 e. The van der Waals surface area contributed by atoms with Crippen LogP contribution in [-0.2, 0) is 23.9 Å². The number of hydrogen-bond donors (Lipinski definition) is 0. The summed E-state index contributed by atoms with van der Waals surface area (Å²) in [6.07, 6.45) is 2.57. The van der Waals surface area contributed by atoms with Crippen LogP contribution in [0, 0.1) is 17.3 Å². The Kier molecular flexibility index (Phi) is 6.23. The van der Waals surface area contributed by atoms with Gasteiger partial charge in [0.15, 0.2) is 5.78 Å². The highest BCUT2D eigenvalue weighted by molar-refractivity contribution is 5.97. The molecule has 2 rings (SSSR count). The summed E-state index contributed by atoms with van der Waals surface area (Å²) in [5.41, 5.74) is 0.624. The number of esters is 2. The van der Waals surface area contributed by atoms with E-state index in [1.807, 2.05) is 34.6 Å². The molecule has 0 radical (unpaired) electrons. The lowest BCUT2D eigenvalue weighted by atomic mass is 9.53. The average Bonchev–Trinajstić information content (AvgIpc) is 2.55. The van der Waals surface area contributed by atoms with Crippen molar-refractivity contribution >= 4 is 17.7 Å². The van der Waals surface area contributed by atoms with Gasteiger partial charge in [0.1, 0.15) is 11.7 Å². The molecule has 0 aromatic rings. The lowest BCUT2D eigenvalue weighted by molar-refractivity contribution is -0.219. The Balaban J connectivity index is 2.43. The minimum atomic E-state index is -0.941. The van der Waals surface area contributed by atoms with Crippen LogP contribution in [0.4, 0.5) is 0 Å². The quantitative estimate of drug-likeness (QED) is 0.536. The third kappa shape index (κ3) is 4.12. The molecule has 2 saturated carbocycles. The van der Waals surface area contributed by atoms with E-state index in [1.165, 1.54) is 6.92 Å². The van der Waals surface area contributed by atoms with Crippen molar-refractivity contribution in [3.8, 4) is 0 Å². The van der Waals surface area contributed by atoms with Gasteiger partial charge in [-0.05, 0) is 57.4 Å². The molecule has 0 aliphatic heterocycles. The first-order chi connectivity index (χ1) is 12.4. The fourth-order valence-electron chi connectivity index (χ4n) is 4.82. The van der Waals surface area contributed by atoms with Gasteiger partial charge in [0.05, 0.1) is 5.92 Å². The van der Waals surface area contributed by atoms with Crippen LogP contribution >= 0.6 is 0 Å². The second kappa shape index (κ2) is 7.76. The molecule has 5 atom stereocenters. The van der Waals surface area contributed by atoms with Crippen molar-refractivity contribution in [2.24, 2.45) is 17.3 Å². The number of carbonyl (C=O) groups excluding carboxylic acids is 3. The summed E-state index contributed by atoms with van der Waals surface area (Å²) in [6.45, 7) is 13.1. The van der Waals surface area contributed by atoms with Gasteiger partial charge in [0, 0.05) is 19.3 Å². The van der Waals surface area contributed by atoms with Crippen molar-refractivity contribution in [2.75, 3.05) is 0 Å². The third-order valence-electron chi connectivity index (χ3n) is 6.70. The highest BCUT2D eigenvalue weighted by Crippen LogP contribution is 2.56. The topological polar surface area (TPSA) is 69.7 Å². The van der Waals surface area contributed by atoms with Gasteiger partial charge >= 0.3 is 11.9 Å². The first-order valence-corrected chi connectivity index (χ1v) is 10.0. The van der Waals surface area contributed by atoms with Crippen LogP contribution in [0.1, 0.15) is 80.6 Å². The molecule has 0 amide bonds. The van der Waals surface area contributed by atoms with Crippen LogP contribution in [0.3, 0.4) is 0 Å². The van der Waals surface area contributed by atoms with Crippen molar-refractivity contribution in [2.45, 2.75) is 92.3 Å². The Morgan fingerprint density at radius 1 is 1.22 bits per heavy atom. The second-order valence-electron chi connectivity index (χ2n) is 9.04. The number of fused-ring (bicyclic) bond motifs is 1. The molecular formula is C22H34O5. The van der Waals surface area contributed by atoms with Crippen LogP contribution in [0.25, 0.3) is 0 Å². The van der Waals surface area contributed by atoms with E-state index in [4.69, 9.17) is 9.47 Å². The first-order valence-electron chi connectivity index (χ1n) is 10.0. The molecule has 0 N–H and O–H groups in total. The number of ether oxygens (including phenoxy) is 2. The minimum Gasteiger partial charge on any atom is -0.458 e. The fraction of sp³-hybridized carbons (Fsp3) is 0.773. The van der Waals surface area contributed by atoms with Crippen LogP contribution in [0.2, 0.25) is 0 Å². The van der Waals surface area contributed by atoms with E-state index in [0.29, 0.717) is 25.7 Å². The van der Waals surface area contributed by atoms with Gasteiger partial charge in [-0.3, -0.25) is 14.4 Å². The summed E-state index contributed by atoms with van der Waals surface area (Å²) in [6, 6.07) is 0. The Morgan fingerprint density at radius 3 is 2.37 bits per heavy atom. The average molecular weight is 379 g/mol. The largest absolute Gasteiger partial charge is 0.458 e. The Hall–Kier alpha value is -1.65.